The second kappa shape index (κ2) is 26.9. The summed E-state index contributed by atoms with van der Waals surface area (Å²) in [5, 5.41) is 0. The van der Waals surface area contributed by atoms with Gasteiger partial charge in [-0.05, 0) is 80.0 Å². The summed E-state index contributed by atoms with van der Waals surface area (Å²) in [5.74, 6) is 0. The summed E-state index contributed by atoms with van der Waals surface area (Å²) in [7, 11) is 1.52. The molecule has 0 atom stereocenters. The molecule has 0 amide bonds. The van der Waals surface area contributed by atoms with Gasteiger partial charge in [0.1, 0.15) is 0 Å². The predicted octanol–water partition coefficient (Wildman–Crippen LogP) is 5.43. The molecule has 0 nitrogen and oxygen atoms in total. The molecule has 5 heteroatoms. The number of hydrogen-bond donors (Lipinski definition) is 0. The molecule has 0 aromatic carbocycles. The van der Waals surface area contributed by atoms with Crippen molar-refractivity contribution in [1.29, 1.82) is 0 Å². The average Bonchev–Trinajstić information content (AvgIpc) is 1.76. The minimum Gasteiger partial charge on any atom is -0.116 e. The van der Waals surface area contributed by atoms with Crippen LogP contribution in [-0.4, -0.2) is 80.0 Å². The molecule has 0 spiro atoms. The van der Waals surface area contributed by atoms with Gasteiger partial charge < -0.3 is 0 Å². The number of rotatable bonds is 0. The fourth-order valence-electron chi connectivity index (χ4n) is 0. The molecule has 0 heterocycles. The van der Waals surface area contributed by atoms with Gasteiger partial charge in [0.15, 0.2) is 0 Å². The zero-order valence-electron chi connectivity index (χ0n) is 14.1. The van der Waals surface area contributed by atoms with E-state index in [-0.39, 0.29) is 20.4 Å². The van der Waals surface area contributed by atoms with E-state index in [0.29, 0.717) is 31.7 Å². The summed E-state index contributed by atoms with van der Waals surface area (Å²) in [4.78, 5) is 0. The van der Waals surface area contributed by atoms with E-state index in [9.17, 15) is 0 Å². The Morgan fingerprint density at radius 2 is 0.294 bits per heavy atom. The van der Waals surface area contributed by atoms with Gasteiger partial charge in [0.2, 0.25) is 0 Å². The van der Waals surface area contributed by atoms with Gasteiger partial charge in [-0.15, -0.1) is 31.7 Å². The molecule has 0 aliphatic rings. The van der Waals surface area contributed by atoms with E-state index < -0.39 is 0 Å². The van der Waals surface area contributed by atoms with Crippen LogP contribution in [-0.2, 0) is 20.4 Å². The summed E-state index contributed by atoms with van der Waals surface area (Å²) < 4.78 is 0. The second-order valence-corrected chi connectivity index (χ2v) is 16.1. The first-order valence-electron chi connectivity index (χ1n) is 5.37. The van der Waals surface area contributed by atoms with Gasteiger partial charge >= 0.3 is 0 Å². The van der Waals surface area contributed by atoms with Crippen molar-refractivity contribution in [2.24, 2.45) is 0 Å². The molecule has 0 fully saturated rings. The molecule has 0 radical (unpaired) electrons. The summed E-state index contributed by atoms with van der Waals surface area (Å²) >= 11 is 0. The van der Waals surface area contributed by atoms with Gasteiger partial charge in [-0.2, -0.15) is 0 Å². The van der Waals surface area contributed by atoms with Crippen LogP contribution in [0.25, 0.3) is 0 Å². The van der Waals surface area contributed by atoms with Crippen LogP contribution in [0.3, 0.4) is 0 Å². The van der Waals surface area contributed by atoms with Crippen molar-refractivity contribution in [2.75, 3.05) is 80.0 Å². The largest absolute Gasteiger partial charge is 0.116 e. The van der Waals surface area contributed by atoms with Crippen molar-refractivity contribution in [3.63, 3.8) is 0 Å². The Labute approximate surface area is 132 Å². The van der Waals surface area contributed by atoms with E-state index in [1.54, 1.807) is 0 Å². The minimum absolute atomic E-state index is 0. The molecule has 0 saturated carbocycles. The molecule has 0 bridgehead atoms. The molecule has 0 rings (SSSR count). The van der Waals surface area contributed by atoms with E-state index in [1.165, 1.54) is 0 Å². The molecule has 114 valence electrons. The Morgan fingerprint density at radius 3 is 0.294 bits per heavy atom. The topological polar surface area (TPSA) is 0 Å². The van der Waals surface area contributed by atoms with Gasteiger partial charge in [-0.3, -0.25) is 0 Å². The van der Waals surface area contributed by atoms with Gasteiger partial charge in [0.25, 0.3) is 0 Å². The van der Waals surface area contributed by atoms with Gasteiger partial charge in [0.05, 0.1) is 0 Å². The van der Waals surface area contributed by atoms with Gasteiger partial charge in [-0.25, -0.2) is 0 Å². The van der Waals surface area contributed by atoms with E-state index in [2.05, 4.69) is 80.0 Å². The standard InChI is InChI=1S/4C3H9P.Pd/c4*1-4(2)3;/h4*1-3H3;. The molecular formula is C12H36P4Pd. The van der Waals surface area contributed by atoms with Crippen molar-refractivity contribution < 1.29 is 20.4 Å². The summed E-state index contributed by atoms with van der Waals surface area (Å²) in [5.41, 5.74) is 0. The Morgan fingerprint density at radius 1 is 0.294 bits per heavy atom. The zero-order valence-corrected chi connectivity index (χ0v) is 19.2. The van der Waals surface area contributed by atoms with Gasteiger partial charge in [-0.1, -0.05) is 0 Å². The maximum atomic E-state index is 2.23. The van der Waals surface area contributed by atoms with Crippen LogP contribution in [0.4, 0.5) is 0 Å². The van der Waals surface area contributed by atoms with Crippen LogP contribution in [0, 0.1) is 0 Å². The summed E-state index contributed by atoms with van der Waals surface area (Å²) in [6.07, 6.45) is 0. The maximum absolute atomic E-state index is 2.23. The Kier molecular flexibility index (Phi) is 50.0. The quantitative estimate of drug-likeness (QED) is 0.369. The van der Waals surface area contributed by atoms with E-state index in [0.717, 1.165) is 0 Å². The average molecular weight is 411 g/mol. The third kappa shape index (κ3) is 869. The van der Waals surface area contributed by atoms with E-state index in [1.807, 2.05) is 0 Å². The van der Waals surface area contributed by atoms with Gasteiger partial charge in [0, 0.05) is 20.4 Å². The SMILES string of the molecule is CP(C)C.CP(C)C.CP(C)C.CP(C)C.[Pd]. The van der Waals surface area contributed by atoms with E-state index >= 15 is 0 Å². The molecule has 17 heavy (non-hydrogen) atoms. The molecule has 0 aliphatic heterocycles. The summed E-state index contributed by atoms with van der Waals surface area (Å²) in [6.45, 7) is 26.8. The molecule has 0 aromatic rings. The monoisotopic (exact) mass is 410 g/mol. The predicted molar refractivity (Wildman–Crippen MR) is 98.8 cm³/mol. The van der Waals surface area contributed by atoms with Crippen molar-refractivity contribution in [3.05, 3.63) is 0 Å². The smallest absolute Gasteiger partial charge is 0 e. The van der Waals surface area contributed by atoms with Crippen LogP contribution in [0.2, 0.25) is 0 Å². The van der Waals surface area contributed by atoms with Crippen LogP contribution >= 0.6 is 31.7 Å². The molecule has 0 unspecified atom stereocenters. The molecule has 0 saturated heterocycles. The van der Waals surface area contributed by atoms with Crippen LogP contribution in [0.1, 0.15) is 0 Å². The van der Waals surface area contributed by atoms with Crippen LogP contribution < -0.4 is 0 Å². The van der Waals surface area contributed by atoms with Crippen molar-refractivity contribution in [3.8, 4) is 0 Å². The fourth-order valence-corrected chi connectivity index (χ4v) is 0. The first-order valence-corrected chi connectivity index (χ1v) is 16.1. The minimum atomic E-state index is 0. The Bertz CT molecular complexity index is 61.5. The van der Waals surface area contributed by atoms with Crippen LogP contribution in [0.5, 0.6) is 0 Å². The van der Waals surface area contributed by atoms with Crippen molar-refractivity contribution >= 4 is 31.7 Å². The first-order chi connectivity index (χ1) is 6.93. The molecule has 0 N–H and O–H groups in total. The third-order valence-electron chi connectivity index (χ3n) is 0. The molecule has 0 aliphatic carbocycles. The van der Waals surface area contributed by atoms with Crippen molar-refractivity contribution in [1.82, 2.24) is 0 Å². The Balaban J connectivity index is -0.0000000369. The fraction of sp³-hybridized carbons (Fsp3) is 1.00. The molecular weight excluding hydrogens is 374 g/mol. The normalized spacial score (nSPS) is 8.47. The first kappa shape index (κ1) is 31.7. The summed E-state index contributed by atoms with van der Waals surface area (Å²) in [6, 6.07) is 0. The van der Waals surface area contributed by atoms with Crippen LogP contribution in [0.15, 0.2) is 0 Å². The van der Waals surface area contributed by atoms with Crippen molar-refractivity contribution in [2.45, 2.75) is 0 Å². The molecule has 0 aromatic heterocycles. The van der Waals surface area contributed by atoms with E-state index in [4.69, 9.17) is 0 Å². The second-order valence-electron chi connectivity index (χ2n) is 5.37. The Hall–Kier alpha value is 2.38. The third-order valence-corrected chi connectivity index (χ3v) is 0. The number of hydrogen-bond acceptors (Lipinski definition) is 0. The maximum Gasteiger partial charge on any atom is 0 e. The zero-order chi connectivity index (χ0) is 14.3.